The van der Waals surface area contributed by atoms with Crippen molar-refractivity contribution in [2.45, 2.75) is 77.8 Å². The predicted octanol–water partition coefficient (Wildman–Crippen LogP) is 1.33. The maximum Gasteiger partial charge on any atom is 0.306 e. The predicted molar refractivity (Wildman–Crippen MR) is 119 cm³/mol. The number of allylic oxidation sites excluding steroid dienone is 1. The van der Waals surface area contributed by atoms with Gasteiger partial charge in [0.05, 0.1) is 12.5 Å². The van der Waals surface area contributed by atoms with Crippen LogP contribution in [0.2, 0.25) is 0 Å². The number of esters is 3. The Kier molecular flexibility index (Phi) is 5.68. The van der Waals surface area contributed by atoms with Gasteiger partial charge >= 0.3 is 17.9 Å². The summed E-state index contributed by atoms with van der Waals surface area (Å²) in [4.78, 5) is 51.0. The van der Waals surface area contributed by atoms with Crippen molar-refractivity contribution in [2.75, 3.05) is 6.61 Å². The Hall–Kier alpha value is -2.26. The van der Waals surface area contributed by atoms with Crippen LogP contribution in [0.15, 0.2) is 11.6 Å². The Morgan fingerprint density at radius 1 is 1.17 bits per heavy atom. The molecule has 0 bridgehead atoms. The molecular formula is C26H34O9. The van der Waals surface area contributed by atoms with E-state index in [1.54, 1.807) is 0 Å². The minimum Gasteiger partial charge on any atom is -0.462 e. The van der Waals surface area contributed by atoms with Crippen molar-refractivity contribution in [3.8, 4) is 0 Å². The molecule has 5 aliphatic rings. The van der Waals surface area contributed by atoms with E-state index in [0.717, 1.165) is 5.57 Å². The van der Waals surface area contributed by atoms with E-state index in [1.165, 1.54) is 6.92 Å². The fourth-order valence-electron chi connectivity index (χ4n) is 8.72. The lowest BCUT2D eigenvalue weighted by Crippen LogP contribution is -2.75. The van der Waals surface area contributed by atoms with Crippen LogP contribution in [-0.2, 0) is 33.4 Å². The summed E-state index contributed by atoms with van der Waals surface area (Å²) in [5, 5.41) is 21.6. The van der Waals surface area contributed by atoms with Gasteiger partial charge in [-0.05, 0) is 19.3 Å². The van der Waals surface area contributed by atoms with Crippen LogP contribution in [-0.4, -0.2) is 64.9 Å². The molecule has 0 aromatic heterocycles. The summed E-state index contributed by atoms with van der Waals surface area (Å²) in [7, 11) is 0. The number of hydrogen-bond donors (Lipinski definition) is 2. The van der Waals surface area contributed by atoms with E-state index >= 15 is 0 Å². The number of ketones is 1. The third-order valence-corrected chi connectivity index (χ3v) is 9.90. The number of Topliss-reactive ketones (excluding diaryl/α,β-unsaturated/α-hetero) is 1. The van der Waals surface area contributed by atoms with Crippen molar-refractivity contribution in [3.63, 3.8) is 0 Å². The lowest BCUT2D eigenvalue weighted by molar-refractivity contribution is -0.287. The molecule has 0 amide bonds. The van der Waals surface area contributed by atoms with Crippen LogP contribution in [0, 0.1) is 40.4 Å². The largest absolute Gasteiger partial charge is 0.462 e. The molecule has 0 aromatic carbocycles. The van der Waals surface area contributed by atoms with Gasteiger partial charge in [-0.15, -0.1) is 0 Å². The zero-order chi connectivity index (χ0) is 25.4. The minimum atomic E-state index is -1.12. The number of carbonyl (C=O) groups is 4. The third-order valence-electron chi connectivity index (χ3n) is 9.90. The van der Waals surface area contributed by atoms with E-state index < -0.39 is 82.7 Å². The molecule has 2 N–H and O–H groups in total. The average Bonchev–Trinajstić information content (AvgIpc) is 3.15. The highest BCUT2D eigenvalue weighted by Gasteiger charge is 2.75. The molecule has 4 fully saturated rings. The Balaban J connectivity index is 1.70. The van der Waals surface area contributed by atoms with Crippen molar-refractivity contribution < 1.29 is 43.6 Å². The monoisotopic (exact) mass is 490 g/mol. The van der Waals surface area contributed by atoms with Gasteiger partial charge in [0.25, 0.3) is 0 Å². The topological polar surface area (TPSA) is 136 Å². The van der Waals surface area contributed by atoms with E-state index in [-0.39, 0.29) is 38.1 Å². The van der Waals surface area contributed by atoms with E-state index in [4.69, 9.17) is 14.2 Å². The van der Waals surface area contributed by atoms with Crippen molar-refractivity contribution in [2.24, 2.45) is 40.4 Å². The molecule has 9 nitrogen and oxygen atoms in total. The second kappa shape index (κ2) is 8.13. The molecule has 2 aliphatic heterocycles. The molecule has 2 saturated carbocycles. The van der Waals surface area contributed by atoms with Crippen LogP contribution < -0.4 is 0 Å². The highest BCUT2D eigenvalue weighted by atomic mass is 16.6. The molecule has 11 atom stereocenters. The van der Waals surface area contributed by atoms with Crippen LogP contribution in [0.4, 0.5) is 0 Å². The summed E-state index contributed by atoms with van der Waals surface area (Å²) < 4.78 is 17.4. The maximum atomic E-state index is 13.6. The molecule has 0 spiro atoms. The Morgan fingerprint density at radius 3 is 2.51 bits per heavy atom. The van der Waals surface area contributed by atoms with Crippen LogP contribution in [0.3, 0.4) is 0 Å². The molecule has 35 heavy (non-hydrogen) atoms. The summed E-state index contributed by atoms with van der Waals surface area (Å²) in [6, 6.07) is 0. The first kappa shape index (κ1) is 24.4. The molecule has 2 heterocycles. The average molecular weight is 491 g/mol. The number of hydrogen-bond acceptors (Lipinski definition) is 9. The summed E-state index contributed by atoms with van der Waals surface area (Å²) in [5.41, 5.74) is -1.11. The molecule has 0 aromatic rings. The van der Waals surface area contributed by atoms with Gasteiger partial charge in [-0.3, -0.25) is 19.2 Å². The number of cyclic esters (lactones) is 1. The lowest BCUT2D eigenvalue weighted by atomic mass is 9.38. The molecule has 192 valence electrons. The molecule has 3 aliphatic carbocycles. The highest BCUT2D eigenvalue weighted by Crippen LogP contribution is 2.69. The zero-order valence-electron chi connectivity index (χ0n) is 20.6. The highest BCUT2D eigenvalue weighted by molar-refractivity contribution is 5.89. The SMILES string of the molecule is CC(=O)O[C@@H]1C[C@@H]([C@H]2OC(=O)C[C@@H]2CO)[C@@H]2CC(=O)O[C@@H]3[C@H](O)[C@H]4C(C)=CCC(=O)[C@]4(C)[C@@H]1[C@@]32C. The van der Waals surface area contributed by atoms with Crippen LogP contribution in [0.5, 0.6) is 0 Å². The number of aliphatic hydroxyl groups excluding tert-OH is 2. The summed E-state index contributed by atoms with van der Waals surface area (Å²) in [6.07, 6.45) is -0.993. The minimum absolute atomic E-state index is 0.0314. The number of aliphatic hydroxyl groups is 2. The fraction of sp³-hybridized carbons (Fsp3) is 0.769. The molecule has 0 unspecified atom stereocenters. The Bertz CT molecular complexity index is 1000. The van der Waals surface area contributed by atoms with Crippen molar-refractivity contribution in [3.05, 3.63) is 11.6 Å². The van der Waals surface area contributed by atoms with E-state index in [1.807, 2.05) is 26.8 Å². The quantitative estimate of drug-likeness (QED) is 0.341. The van der Waals surface area contributed by atoms with E-state index in [9.17, 15) is 29.4 Å². The Labute approximate surface area is 204 Å². The van der Waals surface area contributed by atoms with Crippen molar-refractivity contribution >= 4 is 23.7 Å². The first-order chi connectivity index (χ1) is 16.4. The molecular weight excluding hydrogens is 456 g/mol. The van der Waals surface area contributed by atoms with Gasteiger partial charge in [-0.25, -0.2) is 0 Å². The van der Waals surface area contributed by atoms with E-state index in [2.05, 4.69) is 0 Å². The van der Waals surface area contributed by atoms with E-state index in [0.29, 0.717) is 0 Å². The van der Waals surface area contributed by atoms with Gasteiger partial charge in [0.15, 0.2) is 0 Å². The zero-order valence-corrected chi connectivity index (χ0v) is 20.6. The van der Waals surface area contributed by atoms with Crippen LogP contribution >= 0.6 is 0 Å². The van der Waals surface area contributed by atoms with Crippen LogP contribution in [0.1, 0.15) is 53.4 Å². The number of ether oxygens (including phenoxy) is 3. The van der Waals surface area contributed by atoms with Crippen molar-refractivity contribution in [1.29, 1.82) is 0 Å². The fourth-order valence-corrected chi connectivity index (χ4v) is 8.72. The van der Waals surface area contributed by atoms with Gasteiger partial charge in [0.1, 0.15) is 24.1 Å². The summed E-state index contributed by atoms with van der Waals surface area (Å²) in [5.74, 6) is -3.77. The van der Waals surface area contributed by atoms with Crippen molar-refractivity contribution in [1.82, 2.24) is 0 Å². The normalized spacial score (nSPS) is 48.8. The van der Waals surface area contributed by atoms with Gasteiger partial charge in [-0.2, -0.15) is 0 Å². The van der Waals surface area contributed by atoms with Crippen LogP contribution in [0.25, 0.3) is 0 Å². The maximum absolute atomic E-state index is 13.6. The Morgan fingerprint density at radius 2 is 1.86 bits per heavy atom. The van der Waals surface area contributed by atoms with Gasteiger partial charge in [0.2, 0.25) is 0 Å². The molecule has 0 radical (unpaired) electrons. The van der Waals surface area contributed by atoms with Gasteiger partial charge < -0.3 is 24.4 Å². The molecule has 2 saturated heterocycles. The summed E-state index contributed by atoms with van der Waals surface area (Å²) in [6.45, 7) is 6.70. The third kappa shape index (κ3) is 3.26. The first-order valence-electron chi connectivity index (χ1n) is 12.5. The molecule has 9 heteroatoms. The van der Waals surface area contributed by atoms with Gasteiger partial charge in [-0.1, -0.05) is 25.5 Å². The second-order valence-electron chi connectivity index (χ2n) is 11.5. The lowest BCUT2D eigenvalue weighted by Gasteiger charge is -2.68. The number of rotatable bonds is 3. The summed E-state index contributed by atoms with van der Waals surface area (Å²) >= 11 is 0. The first-order valence-corrected chi connectivity index (χ1v) is 12.5. The smallest absolute Gasteiger partial charge is 0.306 e. The van der Waals surface area contributed by atoms with Gasteiger partial charge in [0, 0.05) is 60.9 Å². The number of fused-ring (bicyclic) bond motifs is 2. The standard InChI is InChI=1S/C26H34O9/c1-11-5-6-17(29)26(4)20(11)21(32)24-25(3)15(9-19(31)35-24)14(8-16(23(25)26)33-12(2)28)22-13(10-27)7-18(30)34-22/h5,13-16,20-24,27,32H,6-10H2,1-4H3/t13-,14-,15+,16-,20-,21-,22+,23+,24-,25+,26+/m1/s1. The molecule has 5 rings (SSSR count). The second-order valence-corrected chi connectivity index (χ2v) is 11.5. The number of carbonyl (C=O) groups excluding carboxylic acids is 4.